The van der Waals surface area contributed by atoms with Gasteiger partial charge in [0.15, 0.2) is 0 Å². The number of amides is 1. The molecule has 2 aromatic carbocycles. The number of thiazole rings is 1. The van der Waals surface area contributed by atoms with E-state index in [1.165, 1.54) is 11.3 Å². The molecular weight excluding hydrogens is 358 g/mol. The van der Waals surface area contributed by atoms with Crippen LogP contribution in [0, 0.1) is 6.92 Å². The van der Waals surface area contributed by atoms with Gasteiger partial charge in [-0.15, -0.1) is 11.3 Å². The number of para-hydroxylation sites is 1. The summed E-state index contributed by atoms with van der Waals surface area (Å²) < 4.78 is 5.18. The molecule has 2 aromatic heterocycles. The summed E-state index contributed by atoms with van der Waals surface area (Å²) in [5.74, 6) is 1.11. The van der Waals surface area contributed by atoms with E-state index in [1.807, 2.05) is 61.5 Å². The summed E-state index contributed by atoms with van der Waals surface area (Å²) >= 11 is 1.37. The Bertz CT molecular complexity index is 1120. The van der Waals surface area contributed by atoms with Crippen LogP contribution in [0.25, 0.3) is 21.5 Å². The third-order valence-corrected chi connectivity index (χ3v) is 5.39. The number of fused-ring (bicyclic) bond motifs is 1. The Morgan fingerprint density at radius 2 is 1.78 bits per heavy atom. The number of rotatable bonds is 4. The number of nitrogens with one attached hydrogen (secondary N) is 1. The van der Waals surface area contributed by atoms with Crippen LogP contribution in [0.1, 0.15) is 15.4 Å². The summed E-state index contributed by atoms with van der Waals surface area (Å²) in [5, 5.41) is 4.71. The molecule has 0 bridgehead atoms. The maximum absolute atomic E-state index is 12.7. The van der Waals surface area contributed by atoms with Crippen molar-refractivity contribution in [1.82, 2.24) is 9.97 Å². The zero-order valence-electron chi connectivity index (χ0n) is 14.9. The third kappa shape index (κ3) is 3.52. The van der Waals surface area contributed by atoms with E-state index in [9.17, 15) is 4.79 Å². The van der Waals surface area contributed by atoms with E-state index in [-0.39, 0.29) is 5.91 Å². The fraction of sp³-hybridized carbons (Fsp3) is 0.0952. The van der Waals surface area contributed by atoms with E-state index in [0.29, 0.717) is 16.4 Å². The van der Waals surface area contributed by atoms with Gasteiger partial charge in [-0.25, -0.2) is 9.97 Å². The fourth-order valence-electron chi connectivity index (χ4n) is 2.77. The number of carbonyl (C=O) groups is 1. The van der Waals surface area contributed by atoms with Gasteiger partial charge in [-0.2, -0.15) is 0 Å². The fourth-order valence-corrected chi connectivity index (χ4v) is 3.74. The van der Waals surface area contributed by atoms with Crippen molar-refractivity contribution in [2.45, 2.75) is 6.92 Å². The second-order valence-electron chi connectivity index (χ2n) is 6.01. The largest absolute Gasteiger partial charge is 0.497 e. The lowest BCUT2D eigenvalue weighted by atomic mass is 10.2. The number of ether oxygens (including phenoxy) is 1. The van der Waals surface area contributed by atoms with E-state index in [4.69, 9.17) is 4.74 Å². The van der Waals surface area contributed by atoms with Crippen molar-refractivity contribution >= 4 is 34.0 Å². The Morgan fingerprint density at radius 1 is 1.00 bits per heavy atom. The number of hydrogen-bond donors (Lipinski definition) is 1. The summed E-state index contributed by atoms with van der Waals surface area (Å²) in [7, 11) is 1.63. The normalized spacial score (nSPS) is 10.7. The van der Waals surface area contributed by atoms with Gasteiger partial charge in [0.1, 0.15) is 21.5 Å². The van der Waals surface area contributed by atoms with Crippen LogP contribution in [0.15, 0.2) is 60.7 Å². The lowest BCUT2D eigenvalue weighted by molar-refractivity contribution is 0.102. The van der Waals surface area contributed by atoms with E-state index in [1.54, 1.807) is 13.2 Å². The number of pyridine rings is 1. The van der Waals surface area contributed by atoms with Gasteiger partial charge in [-0.3, -0.25) is 4.79 Å². The predicted octanol–water partition coefficient (Wildman–Crippen LogP) is 4.93. The van der Waals surface area contributed by atoms with Gasteiger partial charge in [0.2, 0.25) is 0 Å². The summed E-state index contributed by atoms with van der Waals surface area (Å²) in [4.78, 5) is 22.3. The number of aromatic nitrogens is 2. The molecule has 4 rings (SSSR count). The second-order valence-corrected chi connectivity index (χ2v) is 7.00. The van der Waals surface area contributed by atoms with Crippen molar-refractivity contribution in [3.05, 3.63) is 71.2 Å². The molecule has 27 heavy (non-hydrogen) atoms. The molecule has 0 unspecified atom stereocenters. The van der Waals surface area contributed by atoms with E-state index in [0.717, 1.165) is 27.2 Å². The van der Waals surface area contributed by atoms with Crippen molar-refractivity contribution in [3.63, 3.8) is 0 Å². The summed E-state index contributed by atoms with van der Waals surface area (Å²) in [6.45, 7) is 1.84. The second kappa shape index (κ2) is 7.17. The number of carbonyl (C=O) groups excluding carboxylic acids is 1. The quantitative estimate of drug-likeness (QED) is 0.549. The van der Waals surface area contributed by atoms with Gasteiger partial charge in [0.05, 0.1) is 18.3 Å². The average Bonchev–Trinajstić information content (AvgIpc) is 3.10. The predicted molar refractivity (Wildman–Crippen MR) is 109 cm³/mol. The molecule has 0 aliphatic heterocycles. The molecule has 2 heterocycles. The first-order valence-electron chi connectivity index (χ1n) is 8.43. The van der Waals surface area contributed by atoms with Crippen molar-refractivity contribution in [1.29, 1.82) is 0 Å². The molecule has 1 N–H and O–H groups in total. The highest BCUT2D eigenvalue weighted by atomic mass is 32.1. The molecule has 5 nitrogen and oxygen atoms in total. The summed E-state index contributed by atoms with van der Waals surface area (Å²) in [6, 6.07) is 19.2. The first-order chi connectivity index (χ1) is 13.1. The van der Waals surface area contributed by atoms with Crippen LogP contribution in [0.3, 0.4) is 0 Å². The van der Waals surface area contributed by atoms with E-state index < -0.39 is 0 Å². The van der Waals surface area contributed by atoms with Gasteiger partial charge in [0, 0.05) is 10.9 Å². The Morgan fingerprint density at radius 3 is 2.56 bits per heavy atom. The van der Waals surface area contributed by atoms with Crippen LogP contribution < -0.4 is 10.1 Å². The number of anilines is 1. The lowest BCUT2D eigenvalue weighted by Crippen LogP contribution is -2.12. The molecule has 134 valence electrons. The Balaban J connectivity index is 1.58. The zero-order valence-corrected chi connectivity index (χ0v) is 15.7. The molecule has 1 amide bonds. The van der Waals surface area contributed by atoms with E-state index in [2.05, 4.69) is 15.3 Å². The molecule has 0 spiro atoms. The van der Waals surface area contributed by atoms with Crippen LogP contribution in [-0.4, -0.2) is 23.0 Å². The van der Waals surface area contributed by atoms with Crippen molar-refractivity contribution < 1.29 is 9.53 Å². The van der Waals surface area contributed by atoms with Gasteiger partial charge >= 0.3 is 0 Å². The Kier molecular flexibility index (Phi) is 4.56. The van der Waals surface area contributed by atoms with Gasteiger partial charge in [-0.05, 0) is 49.4 Å². The number of hydrogen-bond acceptors (Lipinski definition) is 5. The molecule has 0 saturated carbocycles. The van der Waals surface area contributed by atoms with Crippen molar-refractivity contribution in [2.75, 3.05) is 12.4 Å². The molecule has 0 atom stereocenters. The van der Waals surface area contributed by atoms with Gasteiger partial charge in [-0.1, -0.05) is 18.2 Å². The highest BCUT2D eigenvalue weighted by molar-refractivity contribution is 7.17. The highest BCUT2D eigenvalue weighted by Gasteiger charge is 2.17. The van der Waals surface area contributed by atoms with Crippen LogP contribution in [0.4, 0.5) is 5.82 Å². The zero-order chi connectivity index (χ0) is 18.8. The molecule has 0 radical (unpaired) electrons. The number of methoxy groups -OCH3 is 1. The molecular formula is C21H17N3O2S. The van der Waals surface area contributed by atoms with Crippen LogP contribution in [0.5, 0.6) is 5.75 Å². The monoisotopic (exact) mass is 375 g/mol. The van der Waals surface area contributed by atoms with E-state index >= 15 is 0 Å². The molecule has 0 fully saturated rings. The first kappa shape index (κ1) is 17.2. The Hall–Kier alpha value is -3.25. The standard InChI is InChI=1S/C21H17N3O2S/c1-13-19(27-21(22-13)15-7-10-16(26-2)11-8-15)20(25)24-18-12-9-14-5-3-4-6-17(14)23-18/h3-12H,1-2H3,(H,23,24,25). The van der Waals surface area contributed by atoms with Crippen molar-refractivity contribution in [2.24, 2.45) is 0 Å². The summed E-state index contributed by atoms with van der Waals surface area (Å²) in [5.41, 5.74) is 2.49. The number of nitrogens with zero attached hydrogens (tertiary/aromatic N) is 2. The minimum Gasteiger partial charge on any atom is -0.497 e. The average molecular weight is 375 g/mol. The summed E-state index contributed by atoms with van der Waals surface area (Å²) in [6.07, 6.45) is 0. The maximum atomic E-state index is 12.7. The van der Waals surface area contributed by atoms with Crippen LogP contribution in [-0.2, 0) is 0 Å². The third-order valence-electron chi connectivity index (χ3n) is 4.18. The smallest absolute Gasteiger partial charge is 0.268 e. The van der Waals surface area contributed by atoms with Crippen LogP contribution >= 0.6 is 11.3 Å². The molecule has 0 aliphatic rings. The number of aryl methyl sites for hydroxylation is 1. The Labute approximate surface area is 160 Å². The van der Waals surface area contributed by atoms with Gasteiger partial charge < -0.3 is 10.1 Å². The molecule has 6 heteroatoms. The molecule has 4 aromatic rings. The maximum Gasteiger partial charge on any atom is 0.268 e. The first-order valence-corrected chi connectivity index (χ1v) is 9.25. The number of benzene rings is 2. The topological polar surface area (TPSA) is 64.1 Å². The minimum absolute atomic E-state index is 0.201. The van der Waals surface area contributed by atoms with Crippen molar-refractivity contribution in [3.8, 4) is 16.3 Å². The minimum atomic E-state index is -0.201. The lowest BCUT2D eigenvalue weighted by Gasteiger charge is -2.04. The van der Waals surface area contributed by atoms with Gasteiger partial charge in [0.25, 0.3) is 5.91 Å². The SMILES string of the molecule is COc1ccc(-c2nc(C)c(C(=O)Nc3ccc4ccccc4n3)s2)cc1. The molecule has 0 aliphatic carbocycles. The molecule has 0 saturated heterocycles. The van der Waals surface area contributed by atoms with Crippen LogP contribution in [0.2, 0.25) is 0 Å². The highest BCUT2D eigenvalue weighted by Crippen LogP contribution is 2.29.